The van der Waals surface area contributed by atoms with Gasteiger partial charge in [-0.25, -0.2) is 0 Å². The molecule has 3 rings (SSSR count). The molecule has 0 spiro atoms. The highest BCUT2D eigenvalue weighted by molar-refractivity contribution is 5.34. The van der Waals surface area contributed by atoms with Crippen LogP contribution >= 0.6 is 0 Å². The Bertz CT molecular complexity index is 680. The second-order valence-electron chi connectivity index (χ2n) is 6.71. The number of aliphatic hydroxyl groups excluding tert-OH is 1. The Morgan fingerprint density at radius 3 is 2.32 bits per heavy atom. The van der Waals surface area contributed by atoms with Gasteiger partial charge in [0.2, 0.25) is 0 Å². The standard InChI is InChI=1S/C20H24N2O3/c23-20(17-6-8-19(9-7-17)22(24)25)18-11-14-21(15-12-18)13-10-16-4-2-1-3-5-16/h1-9,18,20,23H,10-15H2/t20-/m1/s1. The number of piperidine rings is 1. The number of hydrogen-bond donors (Lipinski definition) is 1. The van der Waals surface area contributed by atoms with Gasteiger partial charge < -0.3 is 10.0 Å². The second kappa shape index (κ2) is 8.23. The monoisotopic (exact) mass is 340 g/mol. The Morgan fingerprint density at radius 1 is 1.08 bits per heavy atom. The molecule has 1 atom stereocenters. The molecule has 2 aromatic rings. The molecule has 5 nitrogen and oxygen atoms in total. The van der Waals surface area contributed by atoms with Gasteiger partial charge in [-0.15, -0.1) is 0 Å². The van der Waals surface area contributed by atoms with Gasteiger partial charge in [-0.05, 0) is 61.5 Å². The van der Waals surface area contributed by atoms with Crippen LogP contribution in [0.25, 0.3) is 0 Å². The van der Waals surface area contributed by atoms with Crippen LogP contribution in [0.15, 0.2) is 54.6 Å². The lowest BCUT2D eigenvalue weighted by atomic mass is 9.87. The SMILES string of the molecule is O=[N+]([O-])c1ccc([C@@H](O)C2CCN(CCc3ccccc3)CC2)cc1. The molecule has 0 unspecified atom stereocenters. The van der Waals surface area contributed by atoms with Crippen molar-refractivity contribution in [3.63, 3.8) is 0 Å². The number of non-ortho nitro benzene ring substituents is 1. The highest BCUT2D eigenvalue weighted by atomic mass is 16.6. The molecular weight excluding hydrogens is 316 g/mol. The molecule has 0 aliphatic carbocycles. The molecule has 5 heteroatoms. The van der Waals surface area contributed by atoms with Crippen molar-refractivity contribution in [3.05, 3.63) is 75.8 Å². The van der Waals surface area contributed by atoms with Gasteiger partial charge in [0.25, 0.3) is 5.69 Å². The number of rotatable bonds is 6. The second-order valence-corrected chi connectivity index (χ2v) is 6.71. The molecular formula is C20H24N2O3. The zero-order valence-corrected chi connectivity index (χ0v) is 14.3. The first-order chi connectivity index (χ1) is 12.1. The van der Waals surface area contributed by atoms with E-state index in [0.29, 0.717) is 0 Å². The fourth-order valence-corrected chi connectivity index (χ4v) is 3.49. The fraction of sp³-hybridized carbons (Fsp3) is 0.400. The van der Waals surface area contributed by atoms with Crippen LogP contribution in [0.3, 0.4) is 0 Å². The van der Waals surface area contributed by atoms with Crippen LogP contribution in [0.2, 0.25) is 0 Å². The lowest BCUT2D eigenvalue weighted by Crippen LogP contribution is -2.36. The van der Waals surface area contributed by atoms with Crippen LogP contribution in [-0.4, -0.2) is 34.6 Å². The minimum atomic E-state index is -0.544. The number of nitro benzene ring substituents is 1. The molecule has 0 aromatic heterocycles. The van der Waals surface area contributed by atoms with Crippen molar-refractivity contribution in [2.75, 3.05) is 19.6 Å². The summed E-state index contributed by atoms with van der Waals surface area (Å²) in [5, 5.41) is 21.3. The average molecular weight is 340 g/mol. The Hall–Kier alpha value is -2.24. The maximum Gasteiger partial charge on any atom is 0.269 e. The molecule has 2 aromatic carbocycles. The van der Waals surface area contributed by atoms with Crippen LogP contribution in [0, 0.1) is 16.0 Å². The maximum atomic E-state index is 10.7. The molecule has 1 saturated heterocycles. The minimum Gasteiger partial charge on any atom is -0.388 e. The maximum absolute atomic E-state index is 10.7. The van der Waals surface area contributed by atoms with Crippen molar-refractivity contribution < 1.29 is 10.0 Å². The molecule has 1 fully saturated rings. The minimum absolute atomic E-state index is 0.0617. The Kier molecular flexibility index (Phi) is 5.79. The van der Waals surface area contributed by atoms with Gasteiger partial charge in [-0.3, -0.25) is 10.1 Å². The van der Waals surface area contributed by atoms with Crippen LogP contribution in [0.4, 0.5) is 5.69 Å². The third-order valence-corrected chi connectivity index (χ3v) is 5.08. The first kappa shape index (κ1) is 17.6. The Morgan fingerprint density at radius 2 is 1.72 bits per heavy atom. The molecule has 0 bridgehead atoms. The van der Waals surface area contributed by atoms with E-state index in [1.54, 1.807) is 12.1 Å². The van der Waals surface area contributed by atoms with Crippen molar-refractivity contribution in [2.24, 2.45) is 5.92 Å². The van der Waals surface area contributed by atoms with Gasteiger partial charge in [-0.1, -0.05) is 30.3 Å². The van der Waals surface area contributed by atoms with E-state index in [-0.39, 0.29) is 11.6 Å². The summed E-state index contributed by atoms with van der Waals surface area (Å²) in [5.41, 5.74) is 2.19. The summed E-state index contributed by atoms with van der Waals surface area (Å²) in [6.07, 6.45) is 2.41. The van der Waals surface area contributed by atoms with E-state index in [2.05, 4.69) is 29.2 Å². The third-order valence-electron chi connectivity index (χ3n) is 5.08. The summed E-state index contributed by atoms with van der Waals surface area (Å²) < 4.78 is 0. The number of nitro groups is 1. The average Bonchev–Trinajstić information content (AvgIpc) is 2.67. The van der Waals surface area contributed by atoms with Crippen molar-refractivity contribution in [1.29, 1.82) is 0 Å². The van der Waals surface area contributed by atoms with Crippen molar-refractivity contribution in [3.8, 4) is 0 Å². The molecule has 1 aliphatic rings. The van der Waals surface area contributed by atoms with E-state index in [0.717, 1.165) is 44.5 Å². The normalized spacial score (nSPS) is 17.3. The summed E-state index contributed by atoms with van der Waals surface area (Å²) in [5.74, 6) is 0.217. The number of benzene rings is 2. The van der Waals surface area contributed by atoms with E-state index in [9.17, 15) is 15.2 Å². The molecule has 1 heterocycles. The number of aliphatic hydroxyl groups is 1. The smallest absolute Gasteiger partial charge is 0.269 e. The number of nitrogens with zero attached hydrogens (tertiary/aromatic N) is 2. The number of likely N-dealkylation sites (tertiary alicyclic amines) is 1. The largest absolute Gasteiger partial charge is 0.388 e. The highest BCUT2D eigenvalue weighted by Gasteiger charge is 2.26. The topological polar surface area (TPSA) is 66.6 Å². The molecule has 1 N–H and O–H groups in total. The van der Waals surface area contributed by atoms with Crippen LogP contribution < -0.4 is 0 Å². The van der Waals surface area contributed by atoms with Gasteiger partial charge in [0, 0.05) is 18.7 Å². The fourth-order valence-electron chi connectivity index (χ4n) is 3.49. The molecule has 1 aliphatic heterocycles. The van der Waals surface area contributed by atoms with Crippen molar-refractivity contribution in [1.82, 2.24) is 4.90 Å². The predicted octanol–water partition coefficient (Wildman–Crippen LogP) is 3.58. The predicted molar refractivity (Wildman–Crippen MR) is 97.4 cm³/mol. The van der Waals surface area contributed by atoms with Crippen LogP contribution in [0.5, 0.6) is 0 Å². The lowest BCUT2D eigenvalue weighted by Gasteiger charge is -2.34. The van der Waals surface area contributed by atoms with Crippen molar-refractivity contribution >= 4 is 5.69 Å². The van der Waals surface area contributed by atoms with Gasteiger partial charge in [0.1, 0.15) is 0 Å². The van der Waals surface area contributed by atoms with E-state index in [1.807, 2.05) is 6.07 Å². The Labute approximate surface area is 148 Å². The summed E-state index contributed by atoms with van der Waals surface area (Å²) in [4.78, 5) is 12.8. The van der Waals surface area contributed by atoms with Gasteiger partial charge in [0.05, 0.1) is 11.0 Å². The first-order valence-corrected chi connectivity index (χ1v) is 8.82. The summed E-state index contributed by atoms with van der Waals surface area (Å²) in [7, 11) is 0. The number of hydrogen-bond acceptors (Lipinski definition) is 4. The summed E-state index contributed by atoms with van der Waals surface area (Å²) in [6, 6.07) is 16.8. The van der Waals surface area contributed by atoms with E-state index in [4.69, 9.17) is 0 Å². The van der Waals surface area contributed by atoms with E-state index < -0.39 is 11.0 Å². The first-order valence-electron chi connectivity index (χ1n) is 8.82. The zero-order chi connectivity index (χ0) is 17.6. The van der Waals surface area contributed by atoms with Crippen molar-refractivity contribution in [2.45, 2.75) is 25.4 Å². The third kappa shape index (κ3) is 4.65. The van der Waals surface area contributed by atoms with E-state index >= 15 is 0 Å². The molecule has 132 valence electrons. The quantitative estimate of drug-likeness (QED) is 0.645. The lowest BCUT2D eigenvalue weighted by molar-refractivity contribution is -0.384. The van der Waals surface area contributed by atoms with Crippen LogP contribution in [0.1, 0.15) is 30.1 Å². The molecule has 25 heavy (non-hydrogen) atoms. The van der Waals surface area contributed by atoms with Gasteiger partial charge in [-0.2, -0.15) is 0 Å². The summed E-state index contributed by atoms with van der Waals surface area (Å²) >= 11 is 0. The Balaban J connectivity index is 1.48. The molecule has 0 amide bonds. The zero-order valence-electron chi connectivity index (χ0n) is 14.3. The molecule has 0 radical (unpaired) electrons. The molecule has 0 saturated carbocycles. The summed E-state index contributed by atoms with van der Waals surface area (Å²) in [6.45, 7) is 3.02. The van der Waals surface area contributed by atoms with E-state index in [1.165, 1.54) is 17.7 Å². The highest BCUT2D eigenvalue weighted by Crippen LogP contribution is 2.31. The van der Waals surface area contributed by atoms with Gasteiger partial charge in [0.15, 0.2) is 0 Å². The van der Waals surface area contributed by atoms with Crippen LogP contribution in [-0.2, 0) is 6.42 Å². The van der Waals surface area contributed by atoms with Gasteiger partial charge >= 0.3 is 0 Å².